The minimum atomic E-state index is -0.768. The highest BCUT2D eigenvalue weighted by Gasteiger charge is 2.22. The molecule has 220 valence electrons. The molecule has 43 heavy (non-hydrogen) atoms. The van der Waals surface area contributed by atoms with Gasteiger partial charge in [-0.25, -0.2) is 13.8 Å². The third-order valence-electron chi connectivity index (χ3n) is 6.63. The molecule has 3 heterocycles. The summed E-state index contributed by atoms with van der Waals surface area (Å²) in [5, 5.41) is 2.59. The highest BCUT2D eigenvalue weighted by molar-refractivity contribution is 6.04. The number of amides is 1. The van der Waals surface area contributed by atoms with Crippen molar-refractivity contribution < 1.29 is 27.8 Å². The van der Waals surface area contributed by atoms with Gasteiger partial charge in [0.05, 0.1) is 19.7 Å². The predicted octanol–water partition coefficient (Wildman–Crippen LogP) is 6.55. The Morgan fingerprint density at radius 2 is 1.65 bits per heavy atom. The van der Waals surface area contributed by atoms with E-state index in [9.17, 15) is 14.0 Å². The zero-order valence-corrected chi connectivity index (χ0v) is 24.1. The molecule has 0 saturated heterocycles. The van der Waals surface area contributed by atoms with E-state index in [0.717, 1.165) is 6.07 Å². The summed E-state index contributed by atoms with van der Waals surface area (Å²) in [6, 6.07) is 12.5. The number of aromatic nitrogens is 3. The summed E-state index contributed by atoms with van der Waals surface area (Å²) < 4.78 is 46.8. The molecule has 1 N–H and O–H groups in total. The Balaban J connectivity index is 1.44. The van der Waals surface area contributed by atoms with Gasteiger partial charge >= 0.3 is 0 Å². The fourth-order valence-electron chi connectivity index (χ4n) is 4.33. The number of fused-ring (bicyclic) bond motifs is 1. The summed E-state index contributed by atoms with van der Waals surface area (Å²) in [5.74, 6) is -1.27. The second kappa shape index (κ2) is 11.5. The SMILES string of the molecule is COc1cc2nccc(Oc3ccc(NC(=O)c4cn(C(C)(C)C)cc(-c5ccc(F)cc5)c4=O)cc3F)c2nc1OC. The molecule has 0 aliphatic heterocycles. The molecular weight excluding hydrogens is 558 g/mol. The second-order valence-corrected chi connectivity index (χ2v) is 10.6. The third-order valence-corrected chi connectivity index (χ3v) is 6.63. The maximum absolute atomic E-state index is 15.2. The fraction of sp³-hybridized carbons (Fsp3) is 0.188. The average molecular weight is 587 g/mol. The monoisotopic (exact) mass is 586 g/mol. The molecule has 0 aliphatic rings. The van der Waals surface area contributed by atoms with Gasteiger partial charge in [-0.2, -0.15) is 0 Å². The molecule has 0 unspecified atom stereocenters. The first-order valence-corrected chi connectivity index (χ1v) is 13.2. The molecule has 2 aromatic carbocycles. The van der Waals surface area contributed by atoms with E-state index in [1.54, 1.807) is 16.8 Å². The van der Waals surface area contributed by atoms with Crippen molar-refractivity contribution in [1.82, 2.24) is 14.5 Å². The van der Waals surface area contributed by atoms with E-state index in [1.807, 2.05) is 20.8 Å². The number of nitrogens with zero attached hydrogens (tertiary/aromatic N) is 3. The van der Waals surface area contributed by atoms with Gasteiger partial charge in [-0.1, -0.05) is 12.1 Å². The number of halogens is 2. The number of nitrogens with one attached hydrogen (secondary N) is 1. The van der Waals surface area contributed by atoms with Crippen LogP contribution >= 0.6 is 0 Å². The number of benzene rings is 2. The van der Waals surface area contributed by atoms with Crippen molar-refractivity contribution in [2.75, 3.05) is 19.5 Å². The van der Waals surface area contributed by atoms with Crippen LogP contribution in [-0.4, -0.2) is 34.7 Å². The smallest absolute Gasteiger partial charge is 0.261 e. The van der Waals surface area contributed by atoms with Crippen LogP contribution in [0.1, 0.15) is 31.1 Å². The molecule has 11 heteroatoms. The summed E-state index contributed by atoms with van der Waals surface area (Å²) in [5.41, 5.74) is 0.379. The topological polar surface area (TPSA) is 105 Å². The zero-order chi connectivity index (χ0) is 30.9. The Bertz CT molecular complexity index is 1900. The van der Waals surface area contributed by atoms with Crippen molar-refractivity contribution in [3.8, 4) is 34.3 Å². The molecule has 0 saturated carbocycles. The molecular formula is C32H28F2N4O5. The minimum absolute atomic E-state index is 0.105. The number of pyridine rings is 3. The fourth-order valence-corrected chi connectivity index (χ4v) is 4.33. The van der Waals surface area contributed by atoms with Crippen molar-refractivity contribution in [2.45, 2.75) is 26.3 Å². The number of rotatable bonds is 7. The van der Waals surface area contributed by atoms with E-state index in [0.29, 0.717) is 22.3 Å². The van der Waals surface area contributed by atoms with Crippen LogP contribution in [0.3, 0.4) is 0 Å². The molecule has 0 spiro atoms. The van der Waals surface area contributed by atoms with Crippen molar-refractivity contribution in [1.29, 1.82) is 0 Å². The van der Waals surface area contributed by atoms with E-state index in [2.05, 4.69) is 15.3 Å². The molecule has 9 nitrogen and oxygen atoms in total. The van der Waals surface area contributed by atoms with Crippen LogP contribution in [0.4, 0.5) is 14.5 Å². The minimum Gasteiger partial charge on any atom is -0.491 e. The molecule has 0 aliphatic carbocycles. The Kier molecular flexibility index (Phi) is 7.81. The van der Waals surface area contributed by atoms with Crippen LogP contribution < -0.4 is 25.0 Å². The van der Waals surface area contributed by atoms with Gasteiger partial charge in [-0.15, -0.1) is 0 Å². The number of carbonyl (C=O) groups is 1. The largest absolute Gasteiger partial charge is 0.491 e. The van der Waals surface area contributed by atoms with E-state index >= 15 is 4.39 Å². The lowest BCUT2D eigenvalue weighted by atomic mass is 10.0. The highest BCUT2D eigenvalue weighted by Crippen LogP contribution is 2.35. The first-order chi connectivity index (χ1) is 20.5. The van der Waals surface area contributed by atoms with Crippen LogP contribution in [0.5, 0.6) is 23.1 Å². The van der Waals surface area contributed by atoms with Crippen LogP contribution in [-0.2, 0) is 5.54 Å². The Morgan fingerprint density at radius 1 is 0.907 bits per heavy atom. The van der Waals surface area contributed by atoms with Crippen molar-refractivity contribution in [3.05, 3.63) is 101 Å². The second-order valence-electron chi connectivity index (χ2n) is 10.6. The lowest BCUT2D eigenvalue weighted by molar-refractivity contribution is 0.102. The van der Waals surface area contributed by atoms with Gasteiger partial charge in [-0.3, -0.25) is 14.6 Å². The third kappa shape index (κ3) is 6.01. The van der Waals surface area contributed by atoms with E-state index in [4.69, 9.17) is 14.2 Å². The van der Waals surface area contributed by atoms with Gasteiger partial charge in [0.25, 0.3) is 11.8 Å². The normalized spacial score (nSPS) is 11.3. The maximum atomic E-state index is 15.2. The van der Waals surface area contributed by atoms with Gasteiger partial charge in [0.15, 0.2) is 23.1 Å². The molecule has 1 amide bonds. The molecule has 3 aromatic heterocycles. The molecule has 5 rings (SSSR count). The maximum Gasteiger partial charge on any atom is 0.261 e. The molecule has 0 fully saturated rings. The first kappa shape index (κ1) is 29.2. The number of anilines is 1. The highest BCUT2D eigenvalue weighted by atomic mass is 19.1. The molecule has 0 radical (unpaired) electrons. The number of carbonyl (C=O) groups excluding carboxylic acids is 1. The van der Waals surface area contributed by atoms with Crippen LogP contribution in [0.25, 0.3) is 22.2 Å². The van der Waals surface area contributed by atoms with Crippen molar-refractivity contribution in [2.24, 2.45) is 0 Å². The number of hydrogen-bond acceptors (Lipinski definition) is 7. The average Bonchev–Trinajstić information content (AvgIpc) is 2.98. The number of ether oxygens (including phenoxy) is 3. The Hall–Kier alpha value is -5.32. The van der Waals surface area contributed by atoms with E-state index in [1.165, 1.54) is 69.1 Å². The van der Waals surface area contributed by atoms with Crippen LogP contribution in [0.2, 0.25) is 0 Å². The molecule has 5 aromatic rings. The lowest BCUT2D eigenvalue weighted by Crippen LogP contribution is -2.29. The van der Waals surface area contributed by atoms with Gasteiger partial charge in [-0.05, 0) is 50.6 Å². The lowest BCUT2D eigenvalue weighted by Gasteiger charge is -2.25. The van der Waals surface area contributed by atoms with Gasteiger partial charge in [0.1, 0.15) is 16.9 Å². The summed E-state index contributed by atoms with van der Waals surface area (Å²) in [6.45, 7) is 5.74. The Labute approximate surface area is 245 Å². The van der Waals surface area contributed by atoms with Gasteiger partial charge in [0.2, 0.25) is 5.43 Å². The quantitative estimate of drug-likeness (QED) is 0.231. The summed E-state index contributed by atoms with van der Waals surface area (Å²) in [6.07, 6.45) is 4.56. The summed E-state index contributed by atoms with van der Waals surface area (Å²) in [7, 11) is 2.92. The van der Waals surface area contributed by atoms with Crippen LogP contribution in [0.15, 0.2) is 78.0 Å². The first-order valence-electron chi connectivity index (χ1n) is 13.2. The number of methoxy groups -OCH3 is 2. The number of hydrogen-bond donors (Lipinski definition) is 1. The standard InChI is InChI=1S/C32H28F2N4O5/c1-32(2,3)38-16-21(18-6-8-19(33)9-7-18)29(39)22(17-38)30(40)36-20-10-11-25(23(34)14-20)43-26-12-13-35-24-15-27(41-4)31(42-5)37-28(24)26/h6-17H,1-5H3,(H,36,40). The Morgan fingerprint density at radius 3 is 2.30 bits per heavy atom. The van der Waals surface area contributed by atoms with E-state index in [-0.39, 0.29) is 34.2 Å². The molecule has 0 atom stereocenters. The van der Waals surface area contributed by atoms with Crippen molar-refractivity contribution >= 4 is 22.6 Å². The van der Waals surface area contributed by atoms with Crippen LogP contribution in [0, 0.1) is 11.6 Å². The predicted molar refractivity (Wildman–Crippen MR) is 158 cm³/mol. The van der Waals surface area contributed by atoms with Gasteiger partial charge < -0.3 is 24.1 Å². The van der Waals surface area contributed by atoms with Gasteiger partial charge in [0, 0.05) is 53.6 Å². The summed E-state index contributed by atoms with van der Waals surface area (Å²) >= 11 is 0. The van der Waals surface area contributed by atoms with Crippen molar-refractivity contribution in [3.63, 3.8) is 0 Å². The summed E-state index contributed by atoms with van der Waals surface area (Å²) in [4.78, 5) is 35.4. The van der Waals surface area contributed by atoms with E-state index < -0.39 is 28.5 Å². The molecule has 0 bridgehead atoms. The zero-order valence-electron chi connectivity index (χ0n) is 24.1.